The Morgan fingerprint density at radius 1 is 1.16 bits per heavy atom. The van der Waals surface area contributed by atoms with Crippen molar-refractivity contribution < 1.29 is 23.8 Å². The molecule has 0 radical (unpaired) electrons. The Balaban J connectivity index is 1.32. The Hall–Kier alpha value is -3.53. The van der Waals surface area contributed by atoms with Gasteiger partial charge in [0, 0.05) is 12.7 Å². The molecule has 9 nitrogen and oxygen atoms in total. The van der Waals surface area contributed by atoms with E-state index in [2.05, 4.69) is 15.5 Å². The van der Waals surface area contributed by atoms with E-state index < -0.39 is 5.97 Å². The maximum atomic E-state index is 12.3. The average molecular weight is 455 g/mol. The minimum absolute atomic E-state index is 0.149. The summed E-state index contributed by atoms with van der Waals surface area (Å²) in [5, 5.41) is 11.8. The molecule has 0 fully saturated rings. The van der Waals surface area contributed by atoms with Gasteiger partial charge in [0.2, 0.25) is 5.91 Å². The van der Waals surface area contributed by atoms with Crippen molar-refractivity contribution >= 4 is 29.3 Å². The van der Waals surface area contributed by atoms with Crippen LogP contribution < -0.4 is 14.8 Å². The van der Waals surface area contributed by atoms with Gasteiger partial charge in [0.15, 0.2) is 28.6 Å². The molecule has 32 heavy (non-hydrogen) atoms. The number of benzene rings is 2. The highest BCUT2D eigenvalue weighted by molar-refractivity contribution is 7.99. The fourth-order valence-corrected chi connectivity index (χ4v) is 3.83. The van der Waals surface area contributed by atoms with Crippen LogP contribution in [-0.4, -0.2) is 45.6 Å². The monoisotopic (exact) mass is 454 g/mol. The summed E-state index contributed by atoms with van der Waals surface area (Å²) in [6.07, 6.45) is -0.386. The van der Waals surface area contributed by atoms with Gasteiger partial charge in [-0.15, -0.1) is 10.2 Å². The van der Waals surface area contributed by atoms with E-state index in [1.54, 1.807) is 35.8 Å². The largest absolute Gasteiger partial charge is 0.485 e. The number of thioether (sulfide) groups is 1. The molecular weight excluding hydrogens is 432 g/mol. The lowest BCUT2D eigenvalue weighted by Gasteiger charge is -2.25. The summed E-state index contributed by atoms with van der Waals surface area (Å²) in [7, 11) is 1.83. The van der Waals surface area contributed by atoms with Gasteiger partial charge < -0.3 is 24.1 Å². The second-order valence-corrected chi connectivity index (χ2v) is 7.84. The van der Waals surface area contributed by atoms with Crippen LogP contribution in [0.15, 0.2) is 53.7 Å². The molecule has 0 spiro atoms. The number of ether oxygens (including phenoxy) is 3. The van der Waals surface area contributed by atoms with Crippen LogP contribution in [0.2, 0.25) is 0 Å². The number of rotatable bonds is 7. The molecule has 2 heterocycles. The highest BCUT2D eigenvalue weighted by atomic mass is 32.2. The van der Waals surface area contributed by atoms with Gasteiger partial charge in [0.25, 0.3) is 0 Å². The fraction of sp³-hybridized carbons (Fsp3) is 0.273. The first-order valence-electron chi connectivity index (χ1n) is 10.0. The van der Waals surface area contributed by atoms with E-state index in [4.69, 9.17) is 14.2 Å². The van der Waals surface area contributed by atoms with Gasteiger partial charge >= 0.3 is 5.97 Å². The summed E-state index contributed by atoms with van der Waals surface area (Å²) in [6.45, 7) is 2.39. The third kappa shape index (κ3) is 4.86. The highest BCUT2D eigenvalue weighted by Crippen LogP contribution is 2.35. The average Bonchev–Trinajstić information content (AvgIpc) is 3.18. The van der Waals surface area contributed by atoms with Crippen molar-refractivity contribution in [1.82, 2.24) is 14.8 Å². The zero-order valence-electron chi connectivity index (χ0n) is 17.6. The van der Waals surface area contributed by atoms with E-state index in [-0.39, 0.29) is 17.8 Å². The number of nitrogens with one attached hydrogen (secondary N) is 1. The number of fused-ring (bicyclic) bond motifs is 1. The molecule has 10 heteroatoms. The Morgan fingerprint density at radius 2 is 1.91 bits per heavy atom. The smallest absolute Gasteiger partial charge is 0.338 e. The van der Waals surface area contributed by atoms with Gasteiger partial charge in [-0.1, -0.05) is 23.9 Å². The Bertz CT molecular complexity index is 1120. The SMILES string of the molecule is CCOC(=O)c1ccc(NC(=O)CSc2nnc(C3COc4ccccc4O3)n2C)cc1. The predicted octanol–water partition coefficient (Wildman–Crippen LogP) is 3.24. The quantitative estimate of drug-likeness (QED) is 0.429. The third-order valence-electron chi connectivity index (χ3n) is 4.68. The summed E-state index contributed by atoms with van der Waals surface area (Å²) in [5.74, 6) is 1.54. The number of esters is 1. The summed E-state index contributed by atoms with van der Waals surface area (Å²) < 4.78 is 18.5. The van der Waals surface area contributed by atoms with Crippen LogP contribution >= 0.6 is 11.8 Å². The standard InChI is InChI=1S/C22H22N4O5S/c1-3-29-21(28)14-8-10-15(11-9-14)23-19(27)13-32-22-25-24-20(26(22)2)18-12-30-16-6-4-5-7-17(16)31-18/h4-11,18H,3,12-13H2,1-2H3,(H,23,27). The van der Waals surface area contributed by atoms with Gasteiger partial charge in [0.05, 0.1) is 17.9 Å². The molecule has 1 unspecified atom stereocenters. The zero-order chi connectivity index (χ0) is 22.5. The van der Waals surface area contributed by atoms with Crippen molar-refractivity contribution in [2.75, 3.05) is 24.3 Å². The van der Waals surface area contributed by atoms with Crippen molar-refractivity contribution in [3.63, 3.8) is 0 Å². The van der Waals surface area contributed by atoms with Crippen LogP contribution in [0.5, 0.6) is 11.5 Å². The van der Waals surface area contributed by atoms with E-state index in [0.29, 0.717) is 46.9 Å². The normalized spacial score (nSPS) is 14.6. The third-order valence-corrected chi connectivity index (χ3v) is 5.70. The zero-order valence-corrected chi connectivity index (χ0v) is 18.4. The lowest BCUT2D eigenvalue weighted by molar-refractivity contribution is -0.113. The van der Waals surface area contributed by atoms with Crippen LogP contribution in [0.4, 0.5) is 5.69 Å². The van der Waals surface area contributed by atoms with Crippen molar-refractivity contribution in [3.8, 4) is 11.5 Å². The first-order chi connectivity index (χ1) is 15.5. The number of amides is 1. The molecule has 2 aromatic carbocycles. The molecule has 0 saturated heterocycles. The summed E-state index contributed by atoms with van der Waals surface area (Å²) in [5.41, 5.74) is 1.02. The molecule has 1 N–H and O–H groups in total. The fourth-order valence-electron chi connectivity index (χ4n) is 3.11. The number of anilines is 1. The van der Waals surface area contributed by atoms with Crippen LogP contribution in [-0.2, 0) is 16.6 Å². The lowest BCUT2D eigenvalue weighted by Crippen LogP contribution is -2.24. The molecule has 0 saturated carbocycles. The van der Waals surface area contributed by atoms with E-state index in [1.807, 2.05) is 31.3 Å². The molecule has 1 amide bonds. The minimum Gasteiger partial charge on any atom is -0.485 e. The maximum Gasteiger partial charge on any atom is 0.338 e. The Kier molecular flexibility index (Phi) is 6.60. The molecule has 1 aliphatic rings. The first kappa shape index (κ1) is 21.7. The molecule has 166 valence electrons. The van der Waals surface area contributed by atoms with E-state index >= 15 is 0 Å². The predicted molar refractivity (Wildman–Crippen MR) is 118 cm³/mol. The molecule has 1 atom stereocenters. The van der Waals surface area contributed by atoms with Crippen LogP contribution in [0, 0.1) is 0 Å². The van der Waals surface area contributed by atoms with Crippen molar-refractivity contribution in [2.45, 2.75) is 18.2 Å². The number of hydrogen-bond donors (Lipinski definition) is 1. The van der Waals surface area contributed by atoms with E-state index in [1.165, 1.54) is 11.8 Å². The van der Waals surface area contributed by atoms with Crippen LogP contribution in [0.1, 0.15) is 29.2 Å². The van der Waals surface area contributed by atoms with Crippen molar-refractivity contribution in [3.05, 3.63) is 59.9 Å². The lowest BCUT2D eigenvalue weighted by atomic mass is 10.2. The topological polar surface area (TPSA) is 105 Å². The van der Waals surface area contributed by atoms with E-state index in [9.17, 15) is 9.59 Å². The van der Waals surface area contributed by atoms with Crippen LogP contribution in [0.25, 0.3) is 0 Å². The van der Waals surface area contributed by atoms with Gasteiger partial charge in [-0.3, -0.25) is 4.79 Å². The number of carbonyl (C=O) groups excluding carboxylic acids is 2. The number of para-hydroxylation sites is 2. The molecule has 0 aliphatic carbocycles. The Labute approximate surface area is 189 Å². The first-order valence-corrected chi connectivity index (χ1v) is 11.0. The highest BCUT2D eigenvalue weighted by Gasteiger charge is 2.27. The van der Waals surface area contributed by atoms with Crippen molar-refractivity contribution in [1.29, 1.82) is 0 Å². The second kappa shape index (κ2) is 9.73. The molecule has 1 aromatic heterocycles. The van der Waals surface area contributed by atoms with Gasteiger partial charge in [-0.2, -0.15) is 0 Å². The second-order valence-electron chi connectivity index (χ2n) is 6.90. The van der Waals surface area contributed by atoms with Gasteiger partial charge in [-0.25, -0.2) is 4.79 Å². The number of hydrogen-bond acceptors (Lipinski definition) is 8. The molecule has 3 aromatic rings. The van der Waals surface area contributed by atoms with Crippen molar-refractivity contribution in [2.24, 2.45) is 7.05 Å². The number of carbonyl (C=O) groups is 2. The summed E-state index contributed by atoms with van der Waals surface area (Å²) >= 11 is 1.27. The molecule has 4 rings (SSSR count). The molecular formula is C22H22N4O5S. The number of aromatic nitrogens is 3. The van der Waals surface area contributed by atoms with Gasteiger partial charge in [-0.05, 0) is 43.3 Å². The summed E-state index contributed by atoms with van der Waals surface area (Å²) in [4.78, 5) is 24.0. The maximum absolute atomic E-state index is 12.3. The van der Waals surface area contributed by atoms with Crippen LogP contribution in [0.3, 0.4) is 0 Å². The van der Waals surface area contributed by atoms with Gasteiger partial charge in [0.1, 0.15) is 6.61 Å². The molecule has 1 aliphatic heterocycles. The molecule has 0 bridgehead atoms. The number of nitrogens with zero attached hydrogens (tertiary/aromatic N) is 3. The summed E-state index contributed by atoms with van der Waals surface area (Å²) in [6, 6.07) is 14.0. The minimum atomic E-state index is -0.394. The Morgan fingerprint density at radius 3 is 2.66 bits per heavy atom. The van der Waals surface area contributed by atoms with E-state index in [0.717, 1.165) is 0 Å².